The van der Waals surface area contributed by atoms with E-state index in [4.69, 9.17) is 4.74 Å². The largest absolute Gasteiger partial charge is 0.456 e. The molecule has 1 aromatic carbocycles. The summed E-state index contributed by atoms with van der Waals surface area (Å²) in [6.45, 7) is 4.10. The van der Waals surface area contributed by atoms with Gasteiger partial charge in [0.05, 0.1) is 0 Å². The standard InChI is InChI=1S/C18H25NO3/c1-13(2)10-11-17(20)19-12-18(21)22-16-9-5-7-14-6-3-4-8-15(14)16/h3-4,6,8,13,16H,5,7,9-12H2,1-2H3,(H,19,20)/t16-/m1/s1. The van der Waals surface area contributed by atoms with E-state index < -0.39 is 0 Å². The van der Waals surface area contributed by atoms with Crippen LogP contribution in [0.2, 0.25) is 0 Å². The third-order valence-corrected chi connectivity index (χ3v) is 3.97. The zero-order valence-electron chi connectivity index (χ0n) is 13.4. The third kappa shape index (κ3) is 4.86. The smallest absolute Gasteiger partial charge is 0.326 e. The number of rotatable bonds is 6. The van der Waals surface area contributed by atoms with Crippen LogP contribution in [0.4, 0.5) is 0 Å². The van der Waals surface area contributed by atoms with Crippen LogP contribution in [0.3, 0.4) is 0 Å². The van der Waals surface area contributed by atoms with E-state index >= 15 is 0 Å². The number of aryl methyl sites for hydroxylation is 1. The Morgan fingerprint density at radius 2 is 2.09 bits per heavy atom. The molecule has 4 nitrogen and oxygen atoms in total. The molecule has 1 aliphatic carbocycles. The first kappa shape index (κ1) is 16.5. The normalized spacial score (nSPS) is 17.0. The van der Waals surface area contributed by atoms with E-state index in [0.29, 0.717) is 12.3 Å². The van der Waals surface area contributed by atoms with Gasteiger partial charge in [0.25, 0.3) is 0 Å². The molecule has 0 radical (unpaired) electrons. The summed E-state index contributed by atoms with van der Waals surface area (Å²) in [7, 11) is 0. The van der Waals surface area contributed by atoms with Crippen molar-refractivity contribution in [1.82, 2.24) is 5.32 Å². The summed E-state index contributed by atoms with van der Waals surface area (Å²) in [5.74, 6) is 0.0331. The second-order valence-corrected chi connectivity index (χ2v) is 6.28. The topological polar surface area (TPSA) is 55.4 Å². The van der Waals surface area contributed by atoms with Gasteiger partial charge in [-0.3, -0.25) is 9.59 Å². The fourth-order valence-electron chi connectivity index (χ4n) is 2.71. The highest BCUT2D eigenvalue weighted by atomic mass is 16.5. The molecule has 1 amide bonds. The molecule has 4 heteroatoms. The minimum absolute atomic E-state index is 0.0460. The van der Waals surface area contributed by atoms with Gasteiger partial charge in [0.2, 0.25) is 5.91 Å². The number of carbonyl (C=O) groups is 2. The third-order valence-electron chi connectivity index (χ3n) is 3.97. The summed E-state index contributed by atoms with van der Waals surface area (Å²) in [5.41, 5.74) is 2.36. The van der Waals surface area contributed by atoms with Gasteiger partial charge in [-0.25, -0.2) is 0 Å². The predicted octanol–water partition coefficient (Wildman–Crippen LogP) is 3.16. The Hall–Kier alpha value is -1.84. The van der Waals surface area contributed by atoms with E-state index in [0.717, 1.165) is 31.2 Å². The van der Waals surface area contributed by atoms with Gasteiger partial charge in [0.1, 0.15) is 12.6 Å². The molecule has 2 rings (SSSR count). The number of nitrogens with one attached hydrogen (secondary N) is 1. The first-order chi connectivity index (χ1) is 10.6. The lowest BCUT2D eigenvalue weighted by Gasteiger charge is -2.25. The quantitative estimate of drug-likeness (QED) is 0.821. The van der Waals surface area contributed by atoms with Crippen LogP contribution < -0.4 is 5.32 Å². The lowest BCUT2D eigenvalue weighted by atomic mass is 9.89. The van der Waals surface area contributed by atoms with E-state index in [-0.39, 0.29) is 24.5 Å². The molecular weight excluding hydrogens is 278 g/mol. The number of hydrogen-bond acceptors (Lipinski definition) is 3. The van der Waals surface area contributed by atoms with Gasteiger partial charge in [-0.1, -0.05) is 38.1 Å². The molecule has 0 saturated heterocycles. The van der Waals surface area contributed by atoms with Crippen molar-refractivity contribution in [2.75, 3.05) is 6.54 Å². The van der Waals surface area contributed by atoms with Crippen molar-refractivity contribution < 1.29 is 14.3 Å². The predicted molar refractivity (Wildman–Crippen MR) is 85.3 cm³/mol. The molecule has 0 unspecified atom stereocenters. The Morgan fingerprint density at radius 3 is 2.86 bits per heavy atom. The number of amides is 1. The zero-order valence-corrected chi connectivity index (χ0v) is 13.4. The molecule has 0 aliphatic heterocycles. The van der Waals surface area contributed by atoms with Crippen molar-refractivity contribution in [2.24, 2.45) is 5.92 Å². The van der Waals surface area contributed by atoms with Crippen LogP contribution in [0.5, 0.6) is 0 Å². The molecule has 1 aliphatic rings. The van der Waals surface area contributed by atoms with E-state index in [1.54, 1.807) is 0 Å². The average Bonchev–Trinajstić information content (AvgIpc) is 2.51. The Balaban J connectivity index is 1.80. The lowest BCUT2D eigenvalue weighted by molar-refractivity contribution is -0.150. The number of esters is 1. The maximum absolute atomic E-state index is 11.9. The Kier molecular flexibility index (Phi) is 5.99. The van der Waals surface area contributed by atoms with Gasteiger partial charge >= 0.3 is 5.97 Å². The first-order valence-electron chi connectivity index (χ1n) is 8.10. The second-order valence-electron chi connectivity index (χ2n) is 6.28. The second kappa shape index (κ2) is 7.97. The number of carbonyl (C=O) groups excluding carboxylic acids is 2. The monoisotopic (exact) mass is 303 g/mol. The summed E-state index contributed by atoms with van der Waals surface area (Å²) >= 11 is 0. The summed E-state index contributed by atoms with van der Waals surface area (Å²) in [6.07, 6.45) is 4.02. The van der Waals surface area contributed by atoms with Crippen molar-refractivity contribution in [3.05, 3.63) is 35.4 Å². The highest BCUT2D eigenvalue weighted by molar-refractivity contribution is 5.81. The number of fused-ring (bicyclic) bond motifs is 1. The summed E-state index contributed by atoms with van der Waals surface area (Å²) in [4.78, 5) is 23.6. The Bertz CT molecular complexity index is 525. The molecule has 1 atom stereocenters. The molecular formula is C18H25NO3. The van der Waals surface area contributed by atoms with E-state index in [1.807, 2.05) is 18.2 Å². The first-order valence-corrected chi connectivity index (χ1v) is 8.10. The molecule has 0 saturated carbocycles. The molecule has 22 heavy (non-hydrogen) atoms. The van der Waals surface area contributed by atoms with Gasteiger partial charge < -0.3 is 10.1 Å². The van der Waals surface area contributed by atoms with E-state index in [1.165, 1.54) is 5.56 Å². The van der Waals surface area contributed by atoms with Crippen LogP contribution in [0, 0.1) is 5.92 Å². The van der Waals surface area contributed by atoms with Crippen molar-refractivity contribution in [3.63, 3.8) is 0 Å². The molecule has 0 bridgehead atoms. The lowest BCUT2D eigenvalue weighted by Crippen LogP contribution is -2.31. The Morgan fingerprint density at radius 1 is 1.32 bits per heavy atom. The number of ether oxygens (including phenoxy) is 1. The molecule has 1 N–H and O–H groups in total. The van der Waals surface area contributed by atoms with Crippen LogP contribution in [0.1, 0.15) is 56.8 Å². The van der Waals surface area contributed by atoms with Crippen molar-refractivity contribution in [1.29, 1.82) is 0 Å². The molecule has 0 spiro atoms. The average molecular weight is 303 g/mol. The number of benzene rings is 1. The summed E-state index contributed by atoms with van der Waals surface area (Å²) in [5, 5.41) is 2.64. The van der Waals surface area contributed by atoms with Gasteiger partial charge in [0, 0.05) is 6.42 Å². The highest BCUT2D eigenvalue weighted by Crippen LogP contribution is 2.32. The maximum Gasteiger partial charge on any atom is 0.326 e. The summed E-state index contributed by atoms with van der Waals surface area (Å²) in [6, 6.07) is 8.09. The van der Waals surface area contributed by atoms with Gasteiger partial charge in [0.15, 0.2) is 0 Å². The van der Waals surface area contributed by atoms with E-state index in [9.17, 15) is 9.59 Å². The maximum atomic E-state index is 11.9. The molecule has 0 fully saturated rings. The van der Waals surface area contributed by atoms with Crippen LogP contribution in [0.15, 0.2) is 24.3 Å². The van der Waals surface area contributed by atoms with Crippen molar-refractivity contribution in [3.8, 4) is 0 Å². The van der Waals surface area contributed by atoms with Crippen molar-refractivity contribution in [2.45, 2.75) is 52.1 Å². The molecule has 120 valence electrons. The van der Waals surface area contributed by atoms with Crippen LogP contribution in [0.25, 0.3) is 0 Å². The minimum Gasteiger partial charge on any atom is -0.456 e. The number of hydrogen-bond donors (Lipinski definition) is 1. The van der Waals surface area contributed by atoms with Gasteiger partial charge in [-0.05, 0) is 42.7 Å². The van der Waals surface area contributed by atoms with Crippen LogP contribution >= 0.6 is 0 Å². The zero-order chi connectivity index (χ0) is 15.9. The SMILES string of the molecule is CC(C)CCC(=O)NCC(=O)O[C@@H]1CCCc2ccccc21. The Labute approximate surface area is 132 Å². The fourth-order valence-corrected chi connectivity index (χ4v) is 2.71. The van der Waals surface area contributed by atoms with Crippen molar-refractivity contribution >= 4 is 11.9 Å². The van der Waals surface area contributed by atoms with Gasteiger partial charge in [-0.15, -0.1) is 0 Å². The van der Waals surface area contributed by atoms with E-state index in [2.05, 4.69) is 25.2 Å². The minimum atomic E-state index is -0.361. The van der Waals surface area contributed by atoms with Crippen LogP contribution in [-0.2, 0) is 20.7 Å². The summed E-state index contributed by atoms with van der Waals surface area (Å²) < 4.78 is 5.54. The highest BCUT2D eigenvalue weighted by Gasteiger charge is 2.23. The molecule has 0 aromatic heterocycles. The van der Waals surface area contributed by atoms with Gasteiger partial charge in [-0.2, -0.15) is 0 Å². The fraction of sp³-hybridized carbons (Fsp3) is 0.556. The molecule has 1 aromatic rings. The van der Waals surface area contributed by atoms with Crippen LogP contribution in [-0.4, -0.2) is 18.4 Å². The molecule has 0 heterocycles.